The Morgan fingerprint density at radius 2 is 2.08 bits per heavy atom. The number of rotatable bonds is 7. The largest absolute Gasteiger partial charge is 0.507 e. The van der Waals surface area contributed by atoms with Gasteiger partial charge in [0.25, 0.3) is 0 Å². The SMILES string of the molecule is COc1ccc(C(=O)[C@@H]2[C@H]3C=C[C@]4(O3)[C@H](C(=O)NC3CCCC3)N(Cc3cccs3)C(=O)[C@@H]24)c(O)c1. The third-order valence-corrected chi connectivity index (χ3v) is 8.86. The minimum atomic E-state index is -1.22. The zero-order valence-corrected chi connectivity index (χ0v) is 20.7. The highest BCUT2D eigenvalue weighted by Gasteiger charge is 2.72. The Labute approximate surface area is 212 Å². The van der Waals surface area contributed by atoms with Crippen molar-refractivity contribution in [2.75, 3.05) is 7.11 Å². The first-order chi connectivity index (χ1) is 17.4. The first-order valence-corrected chi connectivity index (χ1v) is 13.2. The smallest absolute Gasteiger partial charge is 0.246 e. The van der Waals surface area contributed by atoms with E-state index in [0.29, 0.717) is 5.75 Å². The third-order valence-electron chi connectivity index (χ3n) is 8.00. The molecule has 0 unspecified atom stereocenters. The number of benzene rings is 1. The monoisotopic (exact) mass is 508 g/mol. The van der Waals surface area contributed by atoms with Crippen LogP contribution < -0.4 is 10.1 Å². The van der Waals surface area contributed by atoms with Crippen LogP contribution in [0, 0.1) is 11.8 Å². The van der Waals surface area contributed by atoms with Crippen LogP contribution in [0.3, 0.4) is 0 Å². The van der Waals surface area contributed by atoms with Crippen LogP contribution in [0.2, 0.25) is 0 Å². The summed E-state index contributed by atoms with van der Waals surface area (Å²) >= 11 is 1.52. The van der Waals surface area contributed by atoms with Crippen LogP contribution in [-0.2, 0) is 20.9 Å². The summed E-state index contributed by atoms with van der Waals surface area (Å²) in [6, 6.07) is 7.54. The molecule has 3 fully saturated rings. The molecule has 2 amide bonds. The summed E-state index contributed by atoms with van der Waals surface area (Å²) in [4.78, 5) is 44.0. The van der Waals surface area contributed by atoms with Crippen molar-refractivity contribution in [2.45, 2.75) is 56.0 Å². The summed E-state index contributed by atoms with van der Waals surface area (Å²) < 4.78 is 11.5. The molecule has 1 aliphatic carbocycles. The molecule has 9 heteroatoms. The maximum absolute atomic E-state index is 14.0. The fourth-order valence-corrected chi connectivity index (χ4v) is 7.09. The average molecular weight is 509 g/mol. The lowest BCUT2D eigenvalue weighted by Gasteiger charge is -2.32. The second kappa shape index (κ2) is 8.74. The average Bonchev–Trinajstić information content (AvgIpc) is 3.69. The number of aromatic hydroxyl groups is 1. The van der Waals surface area contributed by atoms with Gasteiger partial charge in [-0.1, -0.05) is 31.1 Å². The maximum atomic E-state index is 14.0. The molecule has 6 rings (SSSR count). The zero-order valence-electron chi connectivity index (χ0n) is 19.9. The lowest BCUT2D eigenvalue weighted by molar-refractivity contribution is -0.140. The molecule has 1 aromatic heterocycles. The van der Waals surface area contributed by atoms with Gasteiger partial charge in [-0.2, -0.15) is 0 Å². The molecule has 188 valence electrons. The Balaban J connectivity index is 1.37. The molecule has 1 spiro atoms. The third kappa shape index (κ3) is 3.48. The molecule has 5 atom stereocenters. The highest BCUT2D eigenvalue weighted by atomic mass is 32.1. The first kappa shape index (κ1) is 23.2. The van der Waals surface area contributed by atoms with Crippen LogP contribution in [0.1, 0.15) is 40.9 Å². The van der Waals surface area contributed by atoms with Crippen molar-refractivity contribution in [3.8, 4) is 11.5 Å². The van der Waals surface area contributed by atoms with Gasteiger partial charge in [-0.15, -0.1) is 11.3 Å². The Hall–Kier alpha value is -3.17. The Morgan fingerprint density at radius 3 is 2.78 bits per heavy atom. The summed E-state index contributed by atoms with van der Waals surface area (Å²) in [6.07, 6.45) is 6.94. The maximum Gasteiger partial charge on any atom is 0.246 e. The number of phenols is 1. The number of ether oxygens (including phenoxy) is 2. The number of likely N-dealkylation sites (tertiary alicyclic amines) is 1. The topological polar surface area (TPSA) is 105 Å². The molecule has 8 nitrogen and oxygen atoms in total. The van der Waals surface area contributed by atoms with E-state index in [1.54, 1.807) is 17.0 Å². The van der Waals surface area contributed by atoms with E-state index in [0.717, 1.165) is 30.6 Å². The number of ketones is 1. The van der Waals surface area contributed by atoms with E-state index in [1.165, 1.54) is 30.6 Å². The molecular weight excluding hydrogens is 480 g/mol. The second-order valence-corrected chi connectivity index (χ2v) is 11.0. The van der Waals surface area contributed by atoms with Crippen LogP contribution >= 0.6 is 11.3 Å². The number of nitrogens with zero attached hydrogens (tertiary/aromatic N) is 1. The van der Waals surface area contributed by atoms with Crippen molar-refractivity contribution in [1.82, 2.24) is 10.2 Å². The van der Waals surface area contributed by atoms with E-state index in [-0.39, 0.29) is 41.5 Å². The van der Waals surface area contributed by atoms with Crippen LogP contribution in [0.15, 0.2) is 47.9 Å². The summed E-state index contributed by atoms with van der Waals surface area (Å²) in [5, 5.41) is 15.6. The van der Waals surface area contributed by atoms with E-state index in [4.69, 9.17) is 9.47 Å². The lowest BCUT2D eigenvalue weighted by atomic mass is 9.72. The van der Waals surface area contributed by atoms with Gasteiger partial charge in [0.1, 0.15) is 23.1 Å². The molecule has 1 aromatic carbocycles. The van der Waals surface area contributed by atoms with Gasteiger partial charge in [-0.25, -0.2) is 0 Å². The molecule has 2 aromatic rings. The molecular formula is C27H28N2O6S. The highest BCUT2D eigenvalue weighted by Crippen LogP contribution is 2.56. The molecule has 2 bridgehead atoms. The minimum Gasteiger partial charge on any atom is -0.507 e. The standard InChI is InChI=1S/C27H28N2O6S/c1-34-16-8-9-18(19(30)13-16)23(31)21-20-10-11-27(35-20)22(21)26(33)29(14-17-7-4-12-36-17)24(27)25(32)28-15-5-2-3-6-15/h4,7-13,15,20-22,24,30H,2-3,5-6,14H2,1H3,(H,28,32)/t20-,21-,22-,24+,27-/m1/s1. The Kier molecular flexibility index (Phi) is 5.64. The normalized spacial score (nSPS) is 30.7. The van der Waals surface area contributed by atoms with Gasteiger partial charge in [-0.3, -0.25) is 14.4 Å². The number of amides is 2. The summed E-state index contributed by atoms with van der Waals surface area (Å²) in [7, 11) is 1.48. The number of fused-ring (bicyclic) bond motifs is 1. The van der Waals surface area contributed by atoms with Crippen LogP contribution in [0.4, 0.5) is 0 Å². The van der Waals surface area contributed by atoms with Gasteiger partial charge in [0.2, 0.25) is 11.8 Å². The van der Waals surface area contributed by atoms with Crippen LogP contribution in [-0.4, -0.2) is 58.5 Å². The summed E-state index contributed by atoms with van der Waals surface area (Å²) in [6.45, 7) is 0.272. The highest BCUT2D eigenvalue weighted by molar-refractivity contribution is 7.09. The zero-order chi connectivity index (χ0) is 25.0. The summed E-state index contributed by atoms with van der Waals surface area (Å²) in [5.41, 5.74) is -1.11. The van der Waals surface area contributed by atoms with E-state index in [1.807, 2.05) is 23.6 Å². The lowest BCUT2D eigenvalue weighted by Crippen LogP contribution is -2.55. The van der Waals surface area contributed by atoms with Crippen molar-refractivity contribution in [3.63, 3.8) is 0 Å². The number of thiophene rings is 1. The minimum absolute atomic E-state index is 0.0860. The number of nitrogens with one attached hydrogen (secondary N) is 1. The molecule has 2 N–H and O–H groups in total. The van der Waals surface area contributed by atoms with Crippen molar-refractivity contribution in [3.05, 3.63) is 58.3 Å². The van der Waals surface area contributed by atoms with E-state index >= 15 is 0 Å². The number of methoxy groups -OCH3 is 1. The van der Waals surface area contributed by atoms with Gasteiger partial charge >= 0.3 is 0 Å². The van der Waals surface area contributed by atoms with Crippen molar-refractivity contribution in [2.24, 2.45) is 11.8 Å². The fraction of sp³-hybridized carbons (Fsp3) is 0.444. The van der Waals surface area contributed by atoms with Crippen molar-refractivity contribution in [1.29, 1.82) is 0 Å². The van der Waals surface area contributed by atoms with Gasteiger partial charge < -0.3 is 24.8 Å². The van der Waals surface area contributed by atoms with Gasteiger partial charge in [-0.05, 0) is 36.4 Å². The van der Waals surface area contributed by atoms with Gasteiger partial charge in [0.05, 0.1) is 37.2 Å². The van der Waals surface area contributed by atoms with Crippen molar-refractivity contribution < 1.29 is 29.0 Å². The van der Waals surface area contributed by atoms with E-state index < -0.39 is 29.6 Å². The number of Topliss-reactive ketones (excluding diaryl/α,β-unsaturated/α-hetero) is 1. The van der Waals surface area contributed by atoms with Crippen LogP contribution in [0.5, 0.6) is 11.5 Å². The summed E-state index contributed by atoms with van der Waals surface area (Å²) in [5.74, 6) is -2.35. The van der Waals surface area contributed by atoms with E-state index in [9.17, 15) is 19.5 Å². The predicted molar refractivity (Wildman–Crippen MR) is 132 cm³/mol. The van der Waals surface area contributed by atoms with Gasteiger partial charge in [0, 0.05) is 17.0 Å². The number of phenolic OH excluding ortho intramolecular Hbond substituents is 1. The number of hydrogen-bond acceptors (Lipinski definition) is 7. The number of carbonyl (C=O) groups excluding carboxylic acids is 3. The number of hydrogen-bond donors (Lipinski definition) is 2. The fourth-order valence-electron chi connectivity index (χ4n) is 6.38. The molecule has 3 aliphatic heterocycles. The molecule has 36 heavy (non-hydrogen) atoms. The quantitative estimate of drug-likeness (QED) is 0.440. The molecule has 0 radical (unpaired) electrons. The van der Waals surface area contributed by atoms with E-state index in [2.05, 4.69) is 5.32 Å². The van der Waals surface area contributed by atoms with Crippen LogP contribution in [0.25, 0.3) is 0 Å². The molecule has 2 saturated heterocycles. The molecule has 4 aliphatic rings. The molecule has 1 saturated carbocycles. The molecule has 4 heterocycles. The predicted octanol–water partition coefficient (Wildman–Crippen LogP) is 3.05. The van der Waals surface area contributed by atoms with Crippen molar-refractivity contribution >= 4 is 28.9 Å². The van der Waals surface area contributed by atoms with Gasteiger partial charge in [0.15, 0.2) is 5.78 Å². The Morgan fingerprint density at radius 1 is 1.28 bits per heavy atom. The first-order valence-electron chi connectivity index (χ1n) is 12.3. The Bertz CT molecular complexity index is 1240. The number of carbonyl (C=O) groups is 3. The second-order valence-electron chi connectivity index (χ2n) is 9.98.